The molecular formula is C16H19BrFNO2. The fourth-order valence-electron chi connectivity index (χ4n) is 2.64. The van der Waals surface area contributed by atoms with E-state index in [2.05, 4.69) is 21.2 Å². The molecule has 0 fully saturated rings. The number of benzene rings is 1. The molecule has 3 nitrogen and oxygen atoms in total. The average molecular weight is 356 g/mol. The molecule has 5 heteroatoms. The van der Waals surface area contributed by atoms with Crippen LogP contribution in [0.4, 0.5) is 4.39 Å². The van der Waals surface area contributed by atoms with Gasteiger partial charge >= 0.3 is 0 Å². The second kappa shape index (κ2) is 6.20. The van der Waals surface area contributed by atoms with Gasteiger partial charge in [0.25, 0.3) is 0 Å². The molecule has 0 saturated carbocycles. The Morgan fingerprint density at radius 1 is 1.24 bits per heavy atom. The highest BCUT2D eigenvalue weighted by Crippen LogP contribution is 2.37. The van der Waals surface area contributed by atoms with Crippen LogP contribution in [-0.2, 0) is 0 Å². The van der Waals surface area contributed by atoms with Gasteiger partial charge in [-0.1, -0.05) is 0 Å². The second-order valence-electron chi connectivity index (χ2n) is 4.98. The summed E-state index contributed by atoms with van der Waals surface area (Å²) in [6.07, 6.45) is 0. The standard InChI is InChI=1S/C16H19BrFNO2/c1-8-9(2)21-10(3)15(8)16(19-4)11-6-12(17)13(18)7-14(11)20-5/h6-7,16,19H,1-5H3. The summed E-state index contributed by atoms with van der Waals surface area (Å²) >= 11 is 3.24. The van der Waals surface area contributed by atoms with Gasteiger partial charge in [0, 0.05) is 17.2 Å². The molecule has 2 aromatic rings. The Balaban J connectivity index is 2.64. The van der Waals surface area contributed by atoms with Crippen LogP contribution >= 0.6 is 15.9 Å². The van der Waals surface area contributed by atoms with E-state index < -0.39 is 0 Å². The molecular weight excluding hydrogens is 337 g/mol. The van der Waals surface area contributed by atoms with Crippen molar-refractivity contribution in [2.75, 3.05) is 14.2 Å². The fraction of sp³-hybridized carbons (Fsp3) is 0.375. The number of aryl methyl sites for hydroxylation is 2. The van der Waals surface area contributed by atoms with E-state index in [-0.39, 0.29) is 11.9 Å². The highest BCUT2D eigenvalue weighted by Gasteiger charge is 2.25. The van der Waals surface area contributed by atoms with Gasteiger partial charge in [-0.2, -0.15) is 0 Å². The first kappa shape index (κ1) is 16.0. The summed E-state index contributed by atoms with van der Waals surface area (Å²) in [6.45, 7) is 5.90. The van der Waals surface area contributed by atoms with Crippen LogP contribution in [0.25, 0.3) is 0 Å². The highest BCUT2D eigenvalue weighted by atomic mass is 79.9. The van der Waals surface area contributed by atoms with Crippen LogP contribution < -0.4 is 10.1 Å². The van der Waals surface area contributed by atoms with Gasteiger partial charge in [0.05, 0.1) is 17.6 Å². The number of rotatable bonds is 4. The van der Waals surface area contributed by atoms with E-state index in [4.69, 9.17) is 9.15 Å². The monoisotopic (exact) mass is 355 g/mol. The molecule has 0 aliphatic carbocycles. The Morgan fingerprint density at radius 3 is 2.38 bits per heavy atom. The van der Waals surface area contributed by atoms with Crippen molar-refractivity contribution in [1.29, 1.82) is 0 Å². The van der Waals surface area contributed by atoms with Crippen molar-refractivity contribution in [1.82, 2.24) is 5.32 Å². The lowest BCUT2D eigenvalue weighted by Crippen LogP contribution is -2.20. The first-order chi connectivity index (χ1) is 9.90. The van der Waals surface area contributed by atoms with Crippen molar-refractivity contribution >= 4 is 15.9 Å². The van der Waals surface area contributed by atoms with Gasteiger partial charge in [-0.05, 0) is 55.4 Å². The molecule has 0 bridgehead atoms. The van der Waals surface area contributed by atoms with Gasteiger partial charge in [0.15, 0.2) is 0 Å². The molecule has 0 aliphatic rings. The van der Waals surface area contributed by atoms with E-state index in [1.165, 1.54) is 6.07 Å². The Kier molecular flexibility index (Phi) is 4.74. The number of hydrogen-bond donors (Lipinski definition) is 1. The average Bonchev–Trinajstić information content (AvgIpc) is 2.69. The lowest BCUT2D eigenvalue weighted by atomic mass is 9.95. The normalized spacial score (nSPS) is 12.5. The smallest absolute Gasteiger partial charge is 0.141 e. The van der Waals surface area contributed by atoms with E-state index in [1.807, 2.05) is 27.8 Å². The van der Waals surface area contributed by atoms with Crippen molar-refractivity contribution in [3.8, 4) is 5.75 Å². The third-order valence-corrected chi connectivity index (χ3v) is 4.39. The molecule has 0 saturated heterocycles. The summed E-state index contributed by atoms with van der Waals surface area (Å²) in [5.41, 5.74) is 3.02. The first-order valence-electron chi connectivity index (χ1n) is 6.67. The van der Waals surface area contributed by atoms with Gasteiger partial charge in [-0.15, -0.1) is 0 Å². The third kappa shape index (κ3) is 2.85. The fourth-order valence-corrected chi connectivity index (χ4v) is 3.00. The zero-order valence-corrected chi connectivity index (χ0v) is 14.4. The zero-order valence-electron chi connectivity index (χ0n) is 12.8. The van der Waals surface area contributed by atoms with Crippen LogP contribution in [0.3, 0.4) is 0 Å². The van der Waals surface area contributed by atoms with Gasteiger partial charge in [0.2, 0.25) is 0 Å². The summed E-state index contributed by atoms with van der Waals surface area (Å²) < 4.78 is 25.2. The van der Waals surface area contributed by atoms with E-state index in [1.54, 1.807) is 13.2 Å². The zero-order chi connectivity index (χ0) is 15.7. The molecule has 0 aliphatic heterocycles. The predicted molar refractivity (Wildman–Crippen MR) is 84.5 cm³/mol. The number of furan rings is 1. The second-order valence-corrected chi connectivity index (χ2v) is 5.84. The molecule has 1 aromatic carbocycles. The molecule has 0 amide bonds. The Bertz CT molecular complexity index is 667. The molecule has 114 valence electrons. The summed E-state index contributed by atoms with van der Waals surface area (Å²) in [5, 5.41) is 3.27. The minimum atomic E-state index is -0.345. The van der Waals surface area contributed by atoms with Gasteiger partial charge in [-0.3, -0.25) is 0 Å². The maximum atomic E-state index is 13.7. The van der Waals surface area contributed by atoms with Crippen molar-refractivity contribution in [2.24, 2.45) is 0 Å². The number of ether oxygens (including phenoxy) is 1. The summed E-state index contributed by atoms with van der Waals surface area (Å²) in [6, 6.07) is 3.01. The summed E-state index contributed by atoms with van der Waals surface area (Å²) in [5.74, 6) is 1.91. The summed E-state index contributed by atoms with van der Waals surface area (Å²) in [4.78, 5) is 0. The maximum absolute atomic E-state index is 13.7. The molecule has 1 N–H and O–H groups in total. The van der Waals surface area contributed by atoms with Crippen molar-refractivity contribution in [3.05, 3.63) is 50.6 Å². The first-order valence-corrected chi connectivity index (χ1v) is 7.46. The van der Waals surface area contributed by atoms with Crippen LogP contribution in [0.15, 0.2) is 21.0 Å². The van der Waals surface area contributed by atoms with Crippen LogP contribution in [0.1, 0.15) is 34.3 Å². The SMILES string of the molecule is CNC(c1cc(Br)c(F)cc1OC)c1c(C)oc(C)c1C. The van der Waals surface area contributed by atoms with Crippen LogP contribution in [-0.4, -0.2) is 14.2 Å². The topological polar surface area (TPSA) is 34.4 Å². The van der Waals surface area contributed by atoms with E-state index in [9.17, 15) is 4.39 Å². The van der Waals surface area contributed by atoms with E-state index in [0.717, 1.165) is 28.2 Å². The number of hydrogen-bond acceptors (Lipinski definition) is 3. The van der Waals surface area contributed by atoms with Crippen molar-refractivity contribution in [2.45, 2.75) is 26.8 Å². The number of nitrogens with one attached hydrogen (secondary N) is 1. The molecule has 0 spiro atoms. The Labute approximate surface area is 132 Å². The summed E-state index contributed by atoms with van der Waals surface area (Å²) in [7, 11) is 3.40. The molecule has 0 radical (unpaired) electrons. The van der Waals surface area contributed by atoms with Gasteiger partial charge in [0.1, 0.15) is 23.1 Å². The minimum Gasteiger partial charge on any atom is -0.496 e. The van der Waals surface area contributed by atoms with Crippen LogP contribution in [0, 0.1) is 26.6 Å². The van der Waals surface area contributed by atoms with E-state index >= 15 is 0 Å². The van der Waals surface area contributed by atoms with Crippen LogP contribution in [0.5, 0.6) is 5.75 Å². The van der Waals surface area contributed by atoms with E-state index in [0.29, 0.717) is 10.2 Å². The Hall–Kier alpha value is -1.33. The molecule has 1 atom stereocenters. The molecule has 1 heterocycles. The highest BCUT2D eigenvalue weighted by molar-refractivity contribution is 9.10. The lowest BCUT2D eigenvalue weighted by molar-refractivity contribution is 0.401. The van der Waals surface area contributed by atoms with Gasteiger partial charge in [-0.25, -0.2) is 4.39 Å². The van der Waals surface area contributed by atoms with Crippen molar-refractivity contribution < 1.29 is 13.5 Å². The number of halogens is 2. The number of methoxy groups -OCH3 is 1. The third-order valence-electron chi connectivity index (χ3n) is 3.78. The van der Waals surface area contributed by atoms with Crippen LogP contribution in [0.2, 0.25) is 0 Å². The lowest BCUT2D eigenvalue weighted by Gasteiger charge is -2.20. The molecule has 1 aromatic heterocycles. The maximum Gasteiger partial charge on any atom is 0.141 e. The predicted octanol–water partition coefficient (Wildman–Crippen LogP) is 4.42. The molecule has 1 unspecified atom stereocenters. The molecule has 21 heavy (non-hydrogen) atoms. The largest absolute Gasteiger partial charge is 0.496 e. The van der Waals surface area contributed by atoms with Gasteiger partial charge < -0.3 is 14.5 Å². The quantitative estimate of drug-likeness (QED) is 0.881. The molecule has 2 rings (SSSR count). The van der Waals surface area contributed by atoms with Crippen molar-refractivity contribution in [3.63, 3.8) is 0 Å². The minimum absolute atomic E-state index is 0.130. The Morgan fingerprint density at radius 2 is 1.90 bits per heavy atom.